The molecular formula is C17H14ClN3O3. The number of hydrogen-bond donors (Lipinski definition) is 1. The van der Waals surface area contributed by atoms with Crippen LogP contribution in [0.4, 0.5) is 5.69 Å². The normalized spacial score (nSPS) is 10.6. The Bertz CT molecular complexity index is 887. The Morgan fingerprint density at radius 2 is 2.12 bits per heavy atom. The van der Waals surface area contributed by atoms with E-state index in [1.54, 1.807) is 35.0 Å². The van der Waals surface area contributed by atoms with E-state index in [2.05, 4.69) is 10.3 Å². The number of fused-ring (bicyclic) bond motifs is 1. The number of amides is 1. The number of carbonyl (C=O) groups excluding carboxylic acids is 2. The summed E-state index contributed by atoms with van der Waals surface area (Å²) in [5, 5.41) is 3.02. The number of anilines is 1. The molecule has 0 aliphatic rings. The summed E-state index contributed by atoms with van der Waals surface area (Å²) < 4.78 is 6.68. The molecule has 2 aromatic heterocycles. The van der Waals surface area contributed by atoms with E-state index in [1.807, 2.05) is 25.1 Å². The highest BCUT2D eigenvalue weighted by Crippen LogP contribution is 2.22. The van der Waals surface area contributed by atoms with Crippen LogP contribution in [0.3, 0.4) is 0 Å². The average Bonchev–Trinajstić information content (AvgIpc) is 2.99. The van der Waals surface area contributed by atoms with Crippen molar-refractivity contribution in [2.75, 3.05) is 11.9 Å². The van der Waals surface area contributed by atoms with Gasteiger partial charge in [-0.1, -0.05) is 23.7 Å². The number of halogens is 1. The van der Waals surface area contributed by atoms with Crippen molar-refractivity contribution in [3.05, 3.63) is 65.1 Å². The Labute approximate surface area is 143 Å². The highest BCUT2D eigenvalue weighted by Gasteiger charge is 2.14. The molecule has 0 radical (unpaired) electrons. The highest BCUT2D eigenvalue weighted by atomic mass is 35.5. The van der Waals surface area contributed by atoms with Crippen molar-refractivity contribution >= 4 is 34.8 Å². The van der Waals surface area contributed by atoms with Gasteiger partial charge in [0.15, 0.2) is 12.3 Å². The third-order valence-corrected chi connectivity index (χ3v) is 3.62. The van der Waals surface area contributed by atoms with Gasteiger partial charge in [0.2, 0.25) is 0 Å². The van der Waals surface area contributed by atoms with Crippen LogP contribution in [-0.2, 0) is 9.53 Å². The molecule has 3 rings (SSSR count). The Morgan fingerprint density at radius 3 is 2.88 bits per heavy atom. The van der Waals surface area contributed by atoms with E-state index in [4.69, 9.17) is 16.3 Å². The minimum absolute atomic E-state index is 0.141. The number of hydrogen-bond acceptors (Lipinski definition) is 4. The lowest BCUT2D eigenvalue weighted by atomic mass is 10.2. The third kappa shape index (κ3) is 3.55. The maximum atomic E-state index is 12.0. The zero-order chi connectivity index (χ0) is 17.1. The number of esters is 1. The second kappa shape index (κ2) is 6.72. The molecule has 1 aromatic carbocycles. The van der Waals surface area contributed by atoms with Gasteiger partial charge in [0, 0.05) is 12.4 Å². The van der Waals surface area contributed by atoms with Gasteiger partial charge in [-0.05, 0) is 36.8 Å². The number of aromatic nitrogens is 2. The lowest BCUT2D eigenvalue weighted by Gasteiger charge is -2.08. The molecule has 24 heavy (non-hydrogen) atoms. The first-order valence-electron chi connectivity index (χ1n) is 7.20. The minimum atomic E-state index is -0.663. The van der Waals surface area contributed by atoms with Crippen LogP contribution in [0.15, 0.2) is 48.8 Å². The molecule has 0 aliphatic heterocycles. The molecule has 6 nitrogen and oxygen atoms in total. The van der Waals surface area contributed by atoms with Crippen LogP contribution in [0.25, 0.3) is 5.65 Å². The van der Waals surface area contributed by atoms with E-state index in [1.165, 1.54) is 0 Å². The summed E-state index contributed by atoms with van der Waals surface area (Å²) in [7, 11) is 0. The van der Waals surface area contributed by atoms with E-state index in [9.17, 15) is 9.59 Å². The van der Waals surface area contributed by atoms with Gasteiger partial charge in [-0.3, -0.25) is 4.79 Å². The summed E-state index contributed by atoms with van der Waals surface area (Å²) in [5.74, 6) is -1.14. The number of nitrogens with zero attached hydrogens (tertiary/aromatic N) is 2. The standard InChI is InChI=1S/C17H14ClN3O3/c1-11-5-6-13(12(18)8-11)20-16(22)10-24-17(23)14-9-21-7-3-2-4-15(21)19-14/h2-9H,10H2,1H3,(H,20,22). The fourth-order valence-electron chi connectivity index (χ4n) is 2.15. The molecule has 0 spiro atoms. The van der Waals surface area contributed by atoms with Crippen molar-refractivity contribution in [2.24, 2.45) is 0 Å². The summed E-state index contributed by atoms with van der Waals surface area (Å²) >= 11 is 6.04. The van der Waals surface area contributed by atoms with Crippen molar-refractivity contribution < 1.29 is 14.3 Å². The lowest BCUT2D eigenvalue weighted by Crippen LogP contribution is -2.21. The number of imidazole rings is 1. The molecule has 0 aliphatic carbocycles. The van der Waals surface area contributed by atoms with Crippen molar-refractivity contribution in [1.29, 1.82) is 0 Å². The van der Waals surface area contributed by atoms with Gasteiger partial charge in [-0.15, -0.1) is 0 Å². The number of carbonyl (C=O) groups is 2. The number of benzene rings is 1. The zero-order valence-corrected chi connectivity index (χ0v) is 13.6. The molecule has 0 unspecified atom stereocenters. The van der Waals surface area contributed by atoms with Gasteiger partial charge in [0.1, 0.15) is 5.65 Å². The van der Waals surface area contributed by atoms with Crippen molar-refractivity contribution in [1.82, 2.24) is 9.38 Å². The van der Waals surface area contributed by atoms with E-state index < -0.39 is 18.5 Å². The molecule has 0 bridgehead atoms. The molecule has 0 saturated heterocycles. The summed E-state index contributed by atoms with van der Waals surface area (Å²) in [6.07, 6.45) is 3.32. The van der Waals surface area contributed by atoms with Crippen molar-refractivity contribution in [3.8, 4) is 0 Å². The highest BCUT2D eigenvalue weighted by molar-refractivity contribution is 6.33. The second-order valence-corrected chi connectivity index (χ2v) is 5.61. The maximum absolute atomic E-state index is 12.0. The molecule has 7 heteroatoms. The molecule has 0 atom stereocenters. The minimum Gasteiger partial charge on any atom is -0.451 e. The van der Waals surface area contributed by atoms with E-state index in [-0.39, 0.29) is 5.69 Å². The Morgan fingerprint density at radius 1 is 1.29 bits per heavy atom. The smallest absolute Gasteiger partial charge is 0.359 e. The third-order valence-electron chi connectivity index (χ3n) is 3.31. The molecule has 122 valence electrons. The monoisotopic (exact) mass is 343 g/mol. The van der Waals surface area contributed by atoms with Crippen LogP contribution in [0.2, 0.25) is 5.02 Å². The van der Waals surface area contributed by atoms with E-state index >= 15 is 0 Å². The molecular weight excluding hydrogens is 330 g/mol. The van der Waals surface area contributed by atoms with Crippen LogP contribution < -0.4 is 5.32 Å². The van der Waals surface area contributed by atoms with Gasteiger partial charge in [-0.25, -0.2) is 9.78 Å². The fraction of sp³-hybridized carbons (Fsp3) is 0.118. The number of rotatable bonds is 4. The van der Waals surface area contributed by atoms with E-state index in [0.717, 1.165) is 5.56 Å². The predicted molar refractivity (Wildman–Crippen MR) is 90.3 cm³/mol. The van der Waals surface area contributed by atoms with Crippen molar-refractivity contribution in [3.63, 3.8) is 0 Å². The Kier molecular flexibility index (Phi) is 4.48. The van der Waals surface area contributed by atoms with Gasteiger partial charge < -0.3 is 14.5 Å². The van der Waals surface area contributed by atoms with Crippen LogP contribution in [0.5, 0.6) is 0 Å². The molecule has 1 N–H and O–H groups in total. The SMILES string of the molecule is Cc1ccc(NC(=O)COC(=O)c2cn3ccccc3n2)c(Cl)c1. The number of aryl methyl sites for hydroxylation is 1. The van der Waals surface area contributed by atoms with Crippen LogP contribution in [0, 0.1) is 6.92 Å². The average molecular weight is 344 g/mol. The summed E-state index contributed by atoms with van der Waals surface area (Å²) in [6.45, 7) is 1.48. The summed E-state index contributed by atoms with van der Waals surface area (Å²) in [4.78, 5) is 28.0. The van der Waals surface area contributed by atoms with Crippen LogP contribution in [0.1, 0.15) is 16.1 Å². The fourth-order valence-corrected chi connectivity index (χ4v) is 2.43. The van der Waals surface area contributed by atoms with Crippen LogP contribution >= 0.6 is 11.6 Å². The summed E-state index contributed by atoms with van der Waals surface area (Å²) in [5.41, 5.74) is 2.22. The first-order valence-corrected chi connectivity index (χ1v) is 7.57. The Hall–Kier alpha value is -2.86. The summed E-state index contributed by atoms with van der Waals surface area (Å²) in [6, 6.07) is 10.7. The maximum Gasteiger partial charge on any atom is 0.359 e. The van der Waals surface area contributed by atoms with Gasteiger partial charge >= 0.3 is 5.97 Å². The lowest BCUT2D eigenvalue weighted by molar-refractivity contribution is -0.119. The molecule has 1 amide bonds. The van der Waals surface area contributed by atoms with Gasteiger partial charge in [0.25, 0.3) is 5.91 Å². The van der Waals surface area contributed by atoms with E-state index in [0.29, 0.717) is 16.4 Å². The number of ether oxygens (including phenoxy) is 1. The van der Waals surface area contributed by atoms with Crippen LogP contribution in [-0.4, -0.2) is 27.9 Å². The second-order valence-electron chi connectivity index (χ2n) is 5.20. The Balaban J connectivity index is 1.60. The zero-order valence-electron chi connectivity index (χ0n) is 12.8. The largest absolute Gasteiger partial charge is 0.451 e. The number of pyridine rings is 1. The van der Waals surface area contributed by atoms with Gasteiger partial charge in [0.05, 0.1) is 10.7 Å². The number of nitrogens with one attached hydrogen (secondary N) is 1. The topological polar surface area (TPSA) is 72.7 Å². The molecule has 3 aromatic rings. The van der Waals surface area contributed by atoms with Gasteiger partial charge in [-0.2, -0.15) is 0 Å². The van der Waals surface area contributed by atoms with Crippen molar-refractivity contribution in [2.45, 2.75) is 6.92 Å². The first-order chi connectivity index (χ1) is 11.5. The first kappa shape index (κ1) is 16.0. The molecule has 0 fully saturated rings. The molecule has 0 saturated carbocycles. The predicted octanol–water partition coefficient (Wildman–Crippen LogP) is 3.09. The molecule has 2 heterocycles. The quantitative estimate of drug-likeness (QED) is 0.739.